The van der Waals surface area contributed by atoms with E-state index in [0.717, 1.165) is 16.9 Å². The average Bonchev–Trinajstić information content (AvgIpc) is 2.46. The van der Waals surface area contributed by atoms with Crippen LogP contribution in [0.25, 0.3) is 0 Å². The van der Waals surface area contributed by atoms with E-state index in [2.05, 4.69) is 4.99 Å². The summed E-state index contributed by atoms with van der Waals surface area (Å²) in [6.07, 6.45) is 1.80. The molecule has 110 valence electrons. The van der Waals surface area contributed by atoms with Crippen molar-refractivity contribution < 1.29 is 4.74 Å². The number of benzene rings is 2. The Labute approximate surface area is 135 Å². The van der Waals surface area contributed by atoms with Gasteiger partial charge in [0.05, 0.1) is 12.6 Å². The zero-order valence-corrected chi connectivity index (χ0v) is 13.5. The van der Waals surface area contributed by atoms with Crippen LogP contribution in [0.3, 0.4) is 0 Å². The van der Waals surface area contributed by atoms with Gasteiger partial charge in [0.2, 0.25) is 0 Å². The lowest BCUT2D eigenvalue weighted by Gasteiger charge is -2.11. The molecule has 0 saturated heterocycles. The summed E-state index contributed by atoms with van der Waals surface area (Å²) in [5.74, 6) is 0.821. The second-order valence-electron chi connectivity index (χ2n) is 4.56. The van der Waals surface area contributed by atoms with Gasteiger partial charge in [-0.2, -0.15) is 0 Å². The van der Waals surface area contributed by atoms with E-state index in [0.29, 0.717) is 16.7 Å². The molecule has 0 aromatic heterocycles. The molecule has 0 heterocycles. The summed E-state index contributed by atoms with van der Waals surface area (Å²) >= 11 is 12.4. The third-order valence-electron chi connectivity index (χ3n) is 3.07. The highest BCUT2D eigenvalue weighted by atomic mass is 35.5. The van der Waals surface area contributed by atoms with Crippen LogP contribution in [0.2, 0.25) is 10.0 Å². The predicted octanol–water partition coefficient (Wildman–Crippen LogP) is 5.57. The molecule has 0 aliphatic rings. The molecule has 0 saturated carbocycles. The van der Waals surface area contributed by atoms with Crippen LogP contribution in [-0.2, 0) is 0 Å². The topological polar surface area (TPSA) is 21.6 Å². The Morgan fingerprint density at radius 2 is 1.76 bits per heavy atom. The van der Waals surface area contributed by atoms with Crippen LogP contribution in [0.1, 0.15) is 31.0 Å². The Bertz CT molecular complexity index is 620. The molecular formula is C17H17Cl2NO. The molecule has 21 heavy (non-hydrogen) atoms. The van der Waals surface area contributed by atoms with E-state index in [1.165, 1.54) is 0 Å². The lowest BCUT2D eigenvalue weighted by Crippen LogP contribution is -1.97. The molecule has 2 rings (SSSR count). The maximum Gasteiger partial charge on any atom is 0.128 e. The monoisotopic (exact) mass is 321 g/mol. The molecule has 0 fully saturated rings. The number of para-hydroxylation sites is 1. The Kier molecular flexibility index (Phi) is 5.66. The summed E-state index contributed by atoms with van der Waals surface area (Å²) in [6, 6.07) is 13.1. The number of nitrogens with zero attached hydrogens (tertiary/aromatic N) is 1. The number of aliphatic imine (C=N–C) groups is 1. The standard InChI is InChI=1S/C17H17Cl2NO/c1-3-21-16-10-5-4-7-13(16)11-20-12(2)17-14(18)8-6-9-15(17)19/h4-12H,3H2,1-2H3/b20-11+. The first-order valence-electron chi connectivity index (χ1n) is 6.82. The van der Waals surface area contributed by atoms with E-state index in [1.54, 1.807) is 6.21 Å². The van der Waals surface area contributed by atoms with Crippen molar-refractivity contribution in [2.24, 2.45) is 4.99 Å². The minimum atomic E-state index is -0.124. The van der Waals surface area contributed by atoms with Gasteiger partial charge in [-0.25, -0.2) is 0 Å². The molecule has 2 nitrogen and oxygen atoms in total. The second kappa shape index (κ2) is 7.48. The van der Waals surface area contributed by atoms with Gasteiger partial charge in [0, 0.05) is 27.4 Å². The molecule has 0 spiro atoms. The normalized spacial score (nSPS) is 12.6. The first-order chi connectivity index (χ1) is 10.1. The van der Waals surface area contributed by atoms with Crippen LogP contribution in [0.4, 0.5) is 0 Å². The summed E-state index contributed by atoms with van der Waals surface area (Å²) < 4.78 is 5.58. The molecule has 0 aliphatic heterocycles. The van der Waals surface area contributed by atoms with Crippen LogP contribution in [0.15, 0.2) is 47.5 Å². The number of ether oxygens (including phenoxy) is 1. The van der Waals surface area contributed by atoms with Crippen molar-refractivity contribution in [1.29, 1.82) is 0 Å². The smallest absolute Gasteiger partial charge is 0.128 e. The molecule has 0 bridgehead atoms. The van der Waals surface area contributed by atoms with Crippen molar-refractivity contribution in [2.45, 2.75) is 19.9 Å². The van der Waals surface area contributed by atoms with E-state index in [-0.39, 0.29) is 6.04 Å². The van der Waals surface area contributed by atoms with Gasteiger partial charge in [-0.15, -0.1) is 0 Å². The van der Waals surface area contributed by atoms with Gasteiger partial charge in [0.15, 0.2) is 0 Å². The molecule has 0 N–H and O–H groups in total. The quantitative estimate of drug-likeness (QED) is 0.659. The summed E-state index contributed by atoms with van der Waals surface area (Å²) in [5.41, 5.74) is 1.78. The van der Waals surface area contributed by atoms with E-state index in [4.69, 9.17) is 27.9 Å². The van der Waals surface area contributed by atoms with Crippen molar-refractivity contribution in [3.05, 3.63) is 63.6 Å². The fraction of sp³-hybridized carbons (Fsp3) is 0.235. The van der Waals surface area contributed by atoms with Crippen molar-refractivity contribution in [3.63, 3.8) is 0 Å². The first kappa shape index (κ1) is 15.9. The van der Waals surface area contributed by atoms with Crippen LogP contribution in [0.5, 0.6) is 5.75 Å². The fourth-order valence-electron chi connectivity index (χ4n) is 2.05. The van der Waals surface area contributed by atoms with Gasteiger partial charge in [-0.1, -0.05) is 41.4 Å². The molecule has 2 aromatic carbocycles. The Hall–Kier alpha value is -1.51. The lowest BCUT2D eigenvalue weighted by atomic mass is 10.1. The minimum Gasteiger partial charge on any atom is -0.493 e. The van der Waals surface area contributed by atoms with E-state index < -0.39 is 0 Å². The third kappa shape index (κ3) is 3.99. The highest BCUT2D eigenvalue weighted by molar-refractivity contribution is 6.36. The van der Waals surface area contributed by atoms with E-state index in [1.807, 2.05) is 56.3 Å². The SMILES string of the molecule is CCOc1ccccc1/C=N/C(C)c1c(Cl)cccc1Cl. The molecule has 0 amide bonds. The molecule has 0 aliphatic carbocycles. The average molecular weight is 322 g/mol. The fourth-order valence-corrected chi connectivity index (χ4v) is 2.76. The Morgan fingerprint density at radius 1 is 1.10 bits per heavy atom. The molecule has 1 atom stereocenters. The predicted molar refractivity (Wildman–Crippen MR) is 90.1 cm³/mol. The zero-order chi connectivity index (χ0) is 15.2. The molecule has 4 heteroatoms. The van der Waals surface area contributed by atoms with Crippen LogP contribution >= 0.6 is 23.2 Å². The maximum atomic E-state index is 6.20. The summed E-state index contributed by atoms with van der Waals surface area (Å²) in [6.45, 7) is 4.55. The largest absolute Gasteiger partial charge is 0.493 e. The van der Waals surface area contributed by atoms with Crippen molar-refractivity contribution in [2.75, 3.05) is 6.61 Å². The summed E-state index contributed by atoms with van der Waals surface area (Å²) in [5, 5.41) is 1.26. The summed E-state index contributed by atoms with van der Waals surface area (Å²) in [4.78, 5) is 4.56. The van der Waals surface area contributed by atoms with Crippen LogP contribution in [-0.4, -0.2) is 12.8 Å². The van der Waals surface area contributed by atoms with Crippen LogP contribution < -0.4 is 4.74 Å². The number of rotatable bonds is 5. The van der Waals surface area contributed by atoms with E-state index in [9.17, 15) is 0 Å². The number of hydrogen-bond donors (Lipinski definition) is 0. The van der Waals surface area contributed by atoms with E-state index >= 15 is 0 Å². The van der Waals surface area contributed by atoms with Gasteiger partial charge >= 0.3 is 0 Å². The first-order valence-corrected chi connectivity index (χ1v) is 7.58. The zero-order valence-electron chi connectivity index (χ0n) is 12.0. The van der Waals surface area contributed by atoms with Crippen LogP contribution in [0, 0.1) is 0 Å². The third-order valence-corrected chi connectivity index (χ3v) is 3.73. The van der Waals surface area contributed by atoms with Crippen molar-refractivity contribution >= 4 is 29.4 Å². The van der Waals surface area contributed by atoms with Crippen molar-refractivity contribution in [3.8, 4) is 5.75 Å². The number of halogens is 2. The highest BCUT2D eigenvalue weighted by Crippen LogP contribution is 2.32. The van der Waals surface area contributed by atoms with Gasteiger partial charge in [-0.3, -0.25) is 4.99 Å². The molecule has 1 unspecified atom stereocenters. The number of hydrogen-bond acceptors (Lipinski definition) is 2. The molecule has 0 radical (unpaired) electrons. The second-order valence-corrected chi connectivity index (χ2v) is 5.37. The van der Waals surface area contributed by atoms with Gasteiger partial charge in [0.25, 0.3) is 0 Å². The maximum absolute atomic E-state index is 6.20. The minimum absolute atomic E-state index is 0.124. The van der Waals surface area contributed by atoms with Gasteiger partial charge in [0.1, 0.15) is 5.75 Å². The molecule has 2 aromatic rings. The van der Waals surface area contributed by atoms with Gasteiger partial charge < -0.3 is 4.74 Å². The molecular weight excluding hydrogens is 305 g/mol. The summed E-state index contributed by atoms with van der Waals surface area (Å²) in [7, 11) is 0. The lowest BCUT2D eigenvalue weighted by molar-refractivity contribution is 0.340. The van der Waals surface area contributed by atoms with Crippen molar-refractivity contribution in [1.82, 2.24) is 0 Å². The van der Waals surface area contributed by atoms with Gasteiger partial charge in [-0.05, 0) is 38.1 Å². The Morgan fingerprint density at radius 3 is 2.43 bits per heavy atom. The Balaban J connectivity index is 2.25. The highest BCUT2D eigenvalue weighted by Gasteiger charge is 2.12.